The Morgan fingerprint density at radius 1 is 1.40 bits per heavy atom. The average Bonchev–Trinajstić information content (AvgIpc) is 2.50. The molecule has 1 aliphatic carbocycles. The first kappa shape index (κ1) is 11.0. The van der Waals surface area contributed by atoms with Crippen molar-refractivity contribution in [2.45, 2.75) is 32.2 Å². The molecule has 0 saturated heterocycles. The number of rotatable bonds is 2. The zero-order valence-electron chi connectivity index (χ0n) is 9.12. The molecule has 82 valence electrons. The molecule has 0 bridgehead atoms. The molecule has 3 unspecified atom stereocenters. The zero-order valence-corrected chi connectivity index (χ0v) is 9.87. The largest absolute Gasteiger partial charge is 0.327 e. The van der Waals surface area contributed by atoms with Crippen molar-refractivity contribution >= 4 is 11.6 Å². The second kappa shape index (κ2) is 4.54. The van der Waals surface area contributed by atoms with E-state index in [2.05, 4.69) is 19.1 Å². The lowest BCUT2D eigenvalue weighted by atomic mass is 9.90. The number of halogens is 1. The van der Waals surface area contributed by atoms with Gasteiger partial charge in [0.05, 0.1) is 0 Å². The van der Waals surface area contributed by atoms with E-state index >= 15 is 0 Å². The summed E-state index contributed by atoms with van der Waals surface area (Å²) >= 11 is 5.97. The maximum Gasteiger partial charge on any atom is 0.0408 e. The molecule has 1 aromatic rings. The predicted octanol–water partition coefficient (Wildman–Crippen LogP) is 3.26. The number of hydrogen-bond donors (Lipinski definition) is 1. The lowest BCUT2D eigenvalue weighted by molar-refractivity contribution is 0.390. The van der Waals surface area contributed by atoms with Crippen LogP contribution in [0.3, 0.4) is 0 Å². The molecule has 1 aromatic carbocycles. The molecule has 2 heteroatoms. The van der Waals surface area contributed by atoms with Gasteiger partial charge in [-0.2, -0.15) is 0 Å². The molecule has 0 amide bonds. The minimum absolute atomic E-state index is 0.397. The van der Waals surface area contributed by atoms with Crippen molar-refractivity contribution in [1.29, 1.82) is 0 Å². The van der Waals surface area contributed by atoms with Crippen LogP contribution >= 0.6 is 11.6 Å². The summed E-state index contributed by atoms with van der Waals surface area (Å²) < 4.78 is 0. The fraction of sp³-hybridized carbons (Fsp3) is 0.538. The fourth-order valence-electron chi connectivity index (χ4n) is 2.54. The second-order valence-corrected chi connectivity index (χ2v) is 5.13. The minimum Gasteiger partial charge on any atom is -0.327 e. The zero-order chi connectivity index (χ0) is 10.8. The number of benzene rings is 1. The summed E-state index contributed by atoms with van der Waals surface area (Å²) in [4.78, 5) is 0. The van der Waals surface area contributed by atoms with E-state index < -0.39 is 0 Å². The molecule has 0 radical (unpaired) electrons. The van der Waals surface area contributed by atoms with Crippen LogP contribution < -0.4 is 5.73 Å². The third-order valence-electron chi connectivity index (χ3n) is 3.68. The average molecular weight is 224 g/mol. The Balaban J connectivity index is 2.03. The van der Waals surface area contributed by atoms with Crippen molar-refractivity contribution in [2.75, 3.05) is 0 Å². The first-order valence-electron chi connectivity index (χ1n) is 5.67. The molecule has 3 atom stereocenters. The highest BCUT2D eigenvalue weighted by atomic mass is 35.5. The second-order valence-electron chi connectivity index (χ2n) is 4.69. The van der Waals surface area contributed by atoms with Crippen LogP contribution in [0.2, 0.25) is 5.02 Å². The summed E-state index contributed by atoms with van der Waals surface area (Å²) in [5, 5.41) is 0.836. The molecule has 0 aromatic heterocycles. The van der Waals surface area contributed by atoms with E-state index in [0.29, 0.717) is 12.0 Å². The Bertz CT molecular complexity index is 337. The topological polar surface area (TPSA) is 26.0 Å². The van der Waals surface area contributed by atoms with Gasteiger partial charge in [-0.25, -0.2) is 0 Å². The standard InChI is InChI=1S/C13H18ClN/c1-9-11(5-6-13(9)15)7-10-3-2-4-12(14)8-10/h2-4,8-9,11,13H,5-7,15H2,1H3. The van der Waals surface area contributed by atoms with E-state index in [1.807, 2.05) is 12.1 Å². The van der Waals surface area contributed by atoms with Crippen LogP contribution in [0.4, 0.5) is 0 Å². The van der Waals surface area contributed by atoms with Gasteiger partial charge in [-0.1, -0.05) is 30.7 Å². The van der Waals surface area contributed by atoms with Crippen molar-refractivity contribution in [3.05, 3.63) is 34.9 Å². The SMILES string of the molecule is CC1C(N)CCC1Cc1cccc(Cl)c1. The Morgan fingerprint density at radius 3 is 2.80 bits per heavy atom. The Kier molecular flexibility index (Phi) is 3.32. The van der Waals surface area contributed by atoms with Gasteiger partial charge in [0.2, 0.25) is 0 Å². The van der Waals surface area contributed by atoms with Gasteiger partial charge < -0.3 is 5.73 Å². The van der Waals surface area contributed by atoms with Crippen LogP contribution in [-0.2, 0) is 6.42 Å². The normalized spacial score (nSPS) is 30.7. The minimum atomic E-state index is 0.397. The van der Waals surface area contributed by atoms with E-state index in [1.54, 1.807) is 0 Å². The first-order valence-corrected chi connectivity index (χ1v) is 6.04. The van der Waals surface area contributed by atoms with E-state index in [9.17, 15) is 0 Å². The van der Waals surface area contributed by atoms with Crippen LogP contribution in [0, 0.1) is 11.8 Å². The smallest absolute Gasteiger partial charge is 0.0408 e. The summed E-state index contributed by atoms with van der Waals surface area (Å²) in [6.07, 6.45) is 3.55. The summed E-state index contributed by atoms with van der Waals surface area (Å²) in [6.45, 7) is 2.27. The molecule has 1 fully saturated rings. The van der Waals surface area contributed by atoms with Gasteiger partial charge in [0.15, 0.2) is 0 Å². The summed E-state index contributed by atoms with van der Waals surface area (Å²) in [5.74, 6) is 1.38. The van der Waals surface area contributed by atoms with Gasteiger partial charge in [0.1, 0.15) is 0 Å². The summed E-state index contributed by atoms with van der Waals surface area (Å²) in [5.41, 5.74) is 7.37. The Hall–Kier alpha value is -0.530. The number of hydrogen-bond acceptors (Lipinski definition) is 1. The molecule has 15 heavy (non-hydrogen) atoms. The van der Waals surface area contributed by atoms with Crippen LogP contribution in [0.5, 0.6) is 0 Å². The van der Waals surface area contributed by atoms with Gasteiger partial charge in [0.25, 0.3) is 0 Å². The third-order valence-corrected chi connectivity index (χ3v) is 3.91. The van der Waals surface area contributed by atoms with E-state index in [0.717, 1.165) is 17.4 Å². The molecule has 0 heterocycles. The Morgan fingerprint density at radius 2 is 2.20 bits per heavy atom. The van der Waals surface area contributed by atoms with Gasteiger partial charge in [-0.05, 0) is 48.8 Å². The highest BCUT2D eigenvalue weighted by Crippen LogP contribution is 2.33. The summed E-state index contributed by atoms with van der Waals surface area (Å²) in [7, 11) is 0. The third kappa shape index (κ3) is 2.53. The molecule has 0 aliphatic heterocycles. The molecule has 1 nitrogen and oxygen atoms in total. The molecule has 0 spiro atoms. The molecule has 2 rings (SSSR count). The monoisotopic (exact) mass is 223 g/mol. The maximum atomic E-state index is 6.03. The van der Waals surface area contributed by atoms with Crippen LogP contribution in [0.15, 0.2) is 24.3 Å². The van der Waals surface area contributed by atoms with Crippen molar-refractivity contribution in [3.8, 4) is 0 Å². The first-order chi connectivity index (χ1) is 7.16. The van der Waals surface area contributed by atoms with Crippen molar-refractivity contribution in [2.24, 2.45) is 17.6 Å². The van der Waals surface area contributed by atoms with Gasteiger partial charge >= 0.3 is 0 Å². The summed E-state index contributed by atoms with van der Waals surface area (Å²) in [6, 6.07) is 8.57. The van der Waals surface area contributed by atoms with Crippen LogP contribution in [0.25, 0.3) is 0 Å². The lowest BCUT2D eigenvalue weighted by Gasteiger charge is -2.18. The Labute approximate surface area is 96.6 Å². The van der Waals surface area contributed by atoms with Crippen molar-refractivity contribution in [1.82, 2.24) is 0 Å². The van der Waals surface area contributed by atoms with Crippen molar-refractivity contribution in [3.63, 3.8) is 0 Å². The van der Waals surface area contributed by atoms with Crippen LogP contribution in [0.1, 0.15) is 25.3 Å². The van der Waals surface area contributed by atoms with E-state index in [-0.39, 0.29) is 0 Å². The highest BCUT2D eigenvalue weighted by molar-refractivity contribution is 6.30. The van der Waals surface area contributed by atoms with Gasteiger partial charge in [0, 0.05) is 11.1 Å². The molecular weight excluding hydrogens is 206 g/mol. The fourth-order valence-corrected chi connectivity index (χ4v) is 2.75. The molecular formula is C13H18ClN. The van der Waals surface area contributed by atoms with Gasteiger partial charge in [-0.3, -0.25) is 0 Å². The quantitative estimate of drug-likeness (QED) is 0.819. The maximum absolute atomic E-state index is 6.03. The highest BCUT2D eigenvalue weighted by Gasteiger charge is 2.29. The van der Waals surface area contributed by atoms with E-state index in [4.69, 9.17) is 17.3 Å². The predicted molar refractivity (Wildman–Crippen MR) is 65.0 cm³/mol. The van der Waals surface area contributed by atoms with Crippen LogP contribution in [-0.4, -0.2) is 6.04 Å². The number of nitrogens with two attached hydrogens (primary N) is 1. The molecule has 1 saturated carbocycles. The van der Waals surface area contributed by atoms with Gasteiger partial charge in [-0.15, -0.1) is 0 Å². The van der Waals surface area contributed by atoms with E-state index in [1.165, 1.54) is 18.4 Å². The lowest BCUT2D eigenvalue weighted by Crippen LogP contribution is -2.25. The molecule has 2 N–H and O–H groups in total. The molecule has 1 aliphatic rings. The van der Waals surface area contributed by atoms with Crippen molar-refractivity contribution < 1.29 is 0 Å².